The van der Waals surface area contributed by atoms with Gasteiger partial charge in [-0.15, -0.1) is 0 Å². The second kappa shape index (κ2) is 1.81. The van der Waals surface area contributed by atoms with Gasteiger partial charge >= 0.3 is 0 Å². The van der Waals surface area contributed by atoms with Gasteiger partial charge < -0.3 is 5.41 Å². The molecule has 0 aromatic rings. The van der Waals surface area contributed by atoms with E-state index in [1.807, 2.05) is 24.3 Å². The Labute approximate surface area is 59.6 Å². The third-order valence-electron chi connectivity index (χ3n) is 1.55. The van der Waals surface area contributed by atoms with Crippen LogP contribution in [-0.2, 0) is 0 Å². The fourth-order valence-corrected chi connectivity index (χ4v) is 0.897. The van der Waals surface area contributed by atoms with E-state index in [1.165, 1.54) is 11.1 Å². The maximum absolute atomic E-state index is 7.22. The summed E-state index contributed by atoms with van der Waals surface area (Å²) in [5, 5.41) is 7.22. The average molecular weight is 129 g/mol. The van der Waals surface area contributed by atoms with Gasteiger partial charge in [-0.3, -0.25) is 0 Å². The van der Waals surface area contributed by atoms with E-state index in [1.54, 1.807) is 0 Å². The van der Waals surface area contributed by atoms with Crippen molar-refractivity contribution in [3.8, 4) is 0 Å². The third-order valence-corrected chi connectivity index (χ3v) is 1.55. The molecule has 0 fully saturated rings. The molecular weight excluding hydrogens is 122 g/mol. The van der Waals surface area contributed by atoms with E-state index in [2.05, 4.69) is 12.2 Å². The summed E-state index contributed by atoms with van der Waals surface area (Å²) >= 11 is 0. The van der Waals surface area contributed by atoms with Crippen LogP contribution in [0, 0.1) is 5.41 Å². The Morgan fingerprint density at radius 2 is 1.10 bits per heavy atom. The topological polar surface area (TPSA) is 23.9 Å². The van der Waals surface area contributed by atoms with E-state index in [0.717, 1.165) is 0 Å². The normalized spacial score (nSPS) is 20.6. The zero-order valence-electron chi connectivity index (χ0n) is 5.46. The molecule has 0 heterocycles. The van der Waals surface area contributed by atoms with Crippen molar-refractivity contribution in [2.45, 2.75) is 0 Å². The molecule has 0 spiro atoms. The van der Waals surface area contributed by atoms with Crippen molar-refractivity contribution in [1.82, 2.24) is 0 Å². The van der Waals surface area contributed by atoms with Gasteiger partial charge in [-0.25, -0.2) is 0 Å². The fourth-order valence-electron chi connectivity index (χ4n) is 0.897. The highest BCUT2D eigenvalue weighted by atomic mass is 14.4. The van der Waals surface area contributed by atoms with Crippen molar-refractivity contribution in [3.63, 3.8) is 0 Å². The van der Waals surface area contributed by atoms with Crippen LogP contribution in [0.4, 0.5) is 0 Å². The summed E-state index contributed by atoms with van der Waals surface area (Å²) in [6, 6.07) is 0. The summed E-state index contributed by atoms with van der Waals surface area (Å²) in [6.45, 7) is 0. The van der Waals surface area contributed by atoms with Crippen LogP contribution < -0.4 is 0 Å². The average Bonchev–Trinajstić information content (AvgIpc) is 2.71. The molecule has 0 saturated heterocycles. The predicted molar refractivity (Wildman–Crippen MR) is 42.2 cm³/mol. The highest BCUT2D eigenvalue weighted by Gasteiger charge is 2.05. The van der Waals surface area contributed by atoms with E-state index in [4.69, 9.17) is 5.41 Å². The van der Waals surface area contributed by atoms with E-state index >= 15 is 0 Å². The van der Waals surface area contributed by atoms with E-state index < -0.39 is 0 Å². The molecule has 0 amide bonds. The van der Waals surface area contributed by atoms with Crippen molar-refractivity contribution >= 4 is 5.71 Å². The van der Waals surface area contributed by atoms with Crippen molar-refractivity contribution in [2.75, 3.05) is 0 Å². The lowest BCUT2D eigenvalue weighted by Gasteiger charge is -1.98. The van der Waals surface area contributed by atoms with Gasteiger partial charge in [-0.05, 0) is 23.3 Å². The third kappa shape index (κ3) is 0.860. The van der Waals surface area contributed by atoms with Crippen LogP contribution in [0.2, 0.25) is 0 Å². The van der Waals surface area contributed by atoms with Crippen molar-refractivity contribution in [1.29, 1.82) is 5.41 Å². The minimum absolute atomic E-state index is 0.574. The van der Waals surface area contributed by atoms with Gasteiger partial charge in [-0.1, -0.05) is 24.3 Å². The van der Waals surface area contributed by atoms with Crippen LogP contribution in [0.5, 0.6) is 0 Å². The maximum Gasteiger partial charge on any atom is 0.0540 e. The van der Waals surface area contributed by atoms with Crippen LogP contribution in [0.25, 0.3) is 0 Å². The first kappa shape index (κ1) is 5.42. The lowest BCUT2D eigenvalue weighted by Crippen LogP contribution is -1.89. The molecule has 2 rings (SSSR count). The Morgan fingerprint density at radius 3 is 1.50 bits per heavy atom. The molecule has 0 aromatic carbocycles. The van der Waals surface area contributed by atoms with E-state index in [9.17, 15) is 0 Å². The number of rotatable bonds is 0. The first-order valence-corrected chi connectivity index (χ1v) is 3.23. The Kier molecular flexibility index (Phi) is 0.978. The first-order valence-electron chi connectivity index (χ1n) is 3.23. The molecule has 0 bridgehead atoms. The first-order chi connectivity index (χ1) is 4.86. The molecule has 0 radical (unpaired) electrons. The number of nitrogens with one attached hydrogen (secondary N) is 1. The van der Waals surface area contributed by atoms with E-state index in [-0.39, 0.29) is 0 Å². The molecule has 1 heteroatoms. The highest BCUT2D eigenvalue weighted by Crippen LogP contribution is 2.22. The Bertz CT molecular complexity index is 275. The summed E-state index contributed by atoms with van der Waals surface area (Å²) in [5.74, 6) is 0. The standard InChI is InChI=1S/C9H7N/c10-9-5-3-8(4-6-9)7-1-2-7/h1-6,10H. The number of allylic oxidation sites excluding steroid dienone is 8. The molecule has 0 unspecified atom stereocenters. The lowest BCUT2D eigenvalue weighted by molar-refractivity contribution is 1.51. The molecule has 1 N–H and O–H groups in total. The van der Waals surface area contributed by atoms with Crippen LogP contribution in [0.15, 0.2) is 47.6 Å². The molecule has 0 aliphatic heterocycles. The minimum atomic E-state index is 0.574. The van der Waals surface area contributed by atoms with Crippen LogP contribution >= 0.6 is 0 Å². The monoisotopic (exact) mass is 129 g/mol. The fraction of sp³-hybridized carbons (Fsp3) is 0. The Morgan fingerprint density at radius 1 is 0.700 bits per heavy atom. The summed E-state index contributed by atoms with van der Waals surface area (Å²) in [7, 11) is 0. The quantitative estimate of drug-likeness (QED) is 0.517. The number of hydrogen-bond donors (Lipinski definition) is 1. The molecule has 2 aliphatic carbocycles. The van der Waals surface area contributed by atoms with Gasteiger partial charge in [-0.2, -0.15) is 0 Å². The highest BCUT2D eigenvalue weighted by molar-refractivity contribution is 6.03. The second-order valence-corrected chi connectivity index (χ2v) is 2.37. The van der Waals surface area contributed by atoms with Crippen molar-refractivity contribution in [3.05, 3.63) is 47.6 Å². The van der Waals surface area contributed by atoms with Crippen LogP contribution in [0.1, 0.15) is 0 Å². The lowest BCUT2D eigenvalue weighted by atomic mass is 10.1. The predicted octanol–water partition coefficient (Wildman–Crippen LogP) is 2.00. The molecule has 2 aliphatic rings. The zero-order valence-corrected chi connectivity index (χ0v) is 5.46. The second-order valence-electron chi connectivity index (χ2n) is 2.37. The summed E-state index contributed by atoms with van der Waals surface area (Å²) in [4.78, 5) is 0. The minimum Gasteiger partial charge on any atom is -0.301 e. The van der Waals surface area contributed by atoms with Gasteiger partial charge in [0.15, 0.2) is 0 Å². The van der Waals surface area contributed by atoms with Crippen molar-refractivity contribution < 1.29 is 0 Å². The molecule has 1 nitrogen and oxygen atoms in total. The molecule has 0 aromatic heterocycles. The van der Waals surface area contributed by atoms with Crippen LogP contribution in [-0.4, -0.2) is 5.71 Å². The smallest absolute Gasteiger partial charge is 0.0540 e. The Hall–Kier alpha value is -1.37. The van der Waals surface area contributed by atoms with Gasteiger partial charge in [0.25, 0.3) is 0 Å². The van der Waals surface area contributed by atoms with Gasteiger partial charge in [0.2, 0.25) is 0 Å². The van der Waals surface area contributed by atoms with E-state index in [0.29, 0.717) is 5.71 Å². The molecule has 48 valence electrons. The summed E-state index contributed by atoms with van der Waals surface area (Å²) < 4.78 is 0. The summed E-state index contributed by atoms with van der Waals surface area (Å²) in [5.41, 5.74) is 3.08. The number of hydrogen-bond acceptors (Lipinski definition) is 1. The van der Waals surface area contributed by atoms with Crippen LogP contribution in [0.3, 0.4) is 0 Å². The zero-order chi connectivity index (χ0) is 6.97. The SMILES string of the molecule is N=C1C=CC(=C2C=C2)C=C1. The van der Waals surface area contributed by atoms with Gasteiger partial charge in [0, 0.05) is 0 Å². The maximum atomic E-state index is 7.22. The van der Waals surface area contributed by atoms with Crippen molar-refractivity contribution in [2.24, 2.45) is 0 Å². The molecule has 0 saturated carbocycles. The summed E-state index contributed by atoms with van der Waals surface area (Å²) in [6.07, 6.45) is 11.7. The van der Waals surface area contributed by atoms with Gasteiger partial charge in [0.05, 0.1) is 5.71 Å². The largest absolute Gasteiger partial charge is 0.301 e. The van der Waals surface area contributed by atoms with Gasteiger partial charge in [0.1, 0.15) is 0 Å². The Balaban J connectivity index is 2.31. The molecule has 10 heavy (non-hydrogen) atoms. The molecule has 0 atom stereocenters. The molecular formula is C9H7N.